The standard InChI is InChI=1S/C22H24N2O4S/c1-16(18-9-5-4-6-10-18)23-29(26,27)20-12-7-11-19(15-20)22(25)24(3)17(2)21-13-8-14-28-21/h4-17,23H,1-3H3. The van der Waals surface area contributed by atoms with E-state index in [0.717, 1.165) is 5.56 Å². The molecule has 0 bridgehead atoms. The Kier molecular flexibility index (Phi) is 6.20. The molecule has 2 unspecified atom stereocenters. The van der Waals surface area contributed by atoms with Gasteiger partial charge in [-0.25, -0.2) is 13.1 Å². The Morgan fingerprint density at radius 2 is 1.72 bits per heavy atom. The second-order valence-electron chi connectivity index (χ2n) is 6.89. The number of benzene rings is 2. The van der Waals surface area contributed by atoms with E-state index in [2.05, 4.69) is 4.72 Å². The maximum absolute atomic E-state index is 12.9. The van der Waals surface area contributed by atoms with Crippen LogP contribution in [0.4, 0.5) is 0 Å². The first kappa shape index (κ1) is 20.8. The largest absolute Gasteiger partial charge is 0.467 e. The van der Waals surface area contributed by atoms with E-state index in [4.69, 9.17) is 4.42 Å². The van der Waals surface area contributed by atoms with Crippen molar-refractivity contribution in [3.63, 3.8) is 0 Å². The average molecular weight is 413 g/mol. The number of nitrogens with one attached hydrogen (secondary N) is 1. The van der Waals surface area contributed by atoms with E-state index in [1.807, 2.05) is 37.3 Å². The maximum Gasteiger partial charge on any atom is 0.254 e. The second-order valence-corrected chi connectivity index (χ2v) is 8.60. The number of rotatable bonds is 7. The van der Waals surface area contributed by atoms with Crippen LogP contribution in [0.25, 0.3) is 0 Å². The molecule has 2 aromatic carbocycles. The molecule has 1 aromatic heterocycles. The SMILES string of the molecule is CC(NS(=O)(=O)c1cccc(C(=O)N(C)C(C)c2ccco2)c1)c1ccccc1. The number of amides is 1. The molecule has 0 saturated heterocycles. The molecule has 1 heterocycles. The molecule has 0 radical (unpaired) electrons. The van der Waals surface area contributed by atoms with Gasteiger partial charge in [0.2, 0.25) is 10.0 Å². The third kappa shape index (κ3) is 4.75. The fourth-order valence-electron chi connectivity index (χ4n) is 3.01. The molecule has 6 nitrogen and oxygen atoms in total. The van der Waals surface area contributed by atoms with Crippen molar-refractivity contribution in [2.24, 2.45) is 0 Å². The summed E-state index contributed by atoms with van der Waals surface area (Å²) in [7, 11) is -2.13. The van der Waals surface area contributed by atoms with E-state index in [-0.39, 0.29) is 16.8 Å². The van der Waals surface area contributed by atoms with Crippen LogP contribution in [-0.2, 0) is 10.0 Å². The van der Waals surface area contributed by atoms with Crippen molar-refractivity contribution in [3.05, 3.63) is 89.9 Å². The van der Waals surface area contributed by atoms with Gasteiger partial charge in [0.15, 0.2) is 0 Å². The van der Waals surface area contributed by atoms with Crippen LogP contribution in [-0.4, -0.2) is 26.3 Å². The van der Waals surface area contributed by atoms with Crippen LogP contribution < -0.4 is 4.72 Å². The van der Waals surface area contributed by atoms with Crippen molar-refractivity contribution in [2.75, 3.05) is 7.05 Å². The zero-order chi connectivity index (χ0) is 21.0. The van der Waals surface area contributed by atoms with Gasteiger partial charge in [0.25, 0.3) is 5.91 Å². The van der Waals surface area contributed by atoms with Gasteiger partial charge in [-0.3, -0.25) is 4.79 Å². The zero-order valence-corrected chi connectivity index (χ0v) is 17.4. The Labute approximate surface area is 171 Å². The number of carbonyl (C=O) groups is 1. The third-order valence-corrected chi connectivity index (χ3v) is 6.42. The van der Waals surface area contributed by atoms with Gasteiger partial charge in [-0.15, -0.1) is 0 Å². The Morgan fingerprint density at radius 1 is 1.00 bits per heavy atom. The minimum atomic E-state index is -3.79. The Bertz CT molecular complexity index is 1060. The molecule has 1 amide bonds. The fourth-order valence-corrected chi connectivity index (χ4v) is 4.28. The van der Waals surface area contributed by atoms with Crippen molar-refractivity contribution in [1.29, 1.82) is 0 Å². The summed E-state index contributed by atoms with van der Waals surface area (Å²) >= 11 is 0. The minimum absolute atomic E-state index is 0.0465. The number of hydrogen-bond acceptors (Lipinski definition) is 4. The summed E-state index contributed by atoms with van der Waals surface area (Å²) in [5.74, 6) is 0.366. The molecule has 0 saturated carbocycles. The third-order valence-electron chi connectivity index (χ3n) is 4.88. The molecule has 3 aromatic rings. The second kappa shape index (κ2) is 8.63. The van der Waals surface area contributed by atoms with E-state index < -0.39 is 16.1 Å². The van der Waals surface area contributed by atoms with E-state index in [1.165, 1.54) is 17.0 Å². The van der Waals surface area contributed by atoms with Crippen LogP contribution in [0.3, 0.4) is 0 Å². The highest BCUT2D eigenvalue weighted by molar-refractivity contribution is 7.89. The van der Waals surface area contributed by atoms with Crippen LogP contribution in [0.2, 0.25) is 0 Å². The van der Waals surface area contributed by atoms with Crippen LogP contribution in [0.15, 0.2) is 82.3 Å². The highest BCUT2D eigenvalue weighted by Crippen LogP contribution is 2.23. The number of furan rings is 1. The van der Waals surface area contributed by atoms with Crippen molar-refractivity contribution in [3.8, 4) is 0 Å². The maximum atomic E-state index is 12.9. The molecule has 152 valence electrons. The first-order valence-electron chi connectivity index (χ1n) is 9.27. The van der Waals surface area contributed by atoms with E-state index in [1.54, 1.807) is 44.5 Å². The van der Waals surface area contributed by atoms with Gasteiger partial charge < -0.3 is 9.32 Å². The summed E-state index contributed by atoms with van der Waals surface area (Å²) in [5.41, 5.74) is 1.15. The Morgan fingerprint density at radius 3 is 2.38 bits per heavy atom. The topological polar surface area (TPSA) is 79.6 Å². The monoisotopic (exact) mass is 412 g/mol. The van der Waals surface area contributed by atoms with Gasteiger partial charge in [-0.2, -0.15) is 0 Å². The number of hydrogen-bond donors (Lipinski definition) is 1. The molecule has 0 aliphatic rings. The highest BCUT2D eigenvalue weighted by atomic mass is 32.2. The first-order chi connectivity index (χ1) is 13.8. The molecule has 0 spiro atoms. The molecule has 29 heavy (non-hydrogen) atoms. The van der Waals surface area contributed by atoms with Crippen molar-refractivity contribution < 1.29 is 17.6 Å². The van der Waals surface area contributed by atoms with Crippen LogP contribution in [0.5, 0.6) is 0 Å². The molecule has 2 atom stereocenters. The van der Waals surface area contributed by atoms with Gasteiger partial charge in [-0.1, -0.05) is 36.4 Å². The highest BCUT2D eigenvalue weighted by Gasteiger charge is 2.23. The van der Waals surface area contributed by atoms with Gasteiger partial charge in [0, 0.05) is 18.7 Å². The van der Waals surface area contributed by atoms with Crippen LogP contribution in [0.1, 0.15) is 47.6 Å². The summed E-state index contributed by atoms with van der Waals surface area (Å²) < 4.78 is 33.7. The molecular formula is C22H24N2O4S. The average Bonchev–Trinajstić information content (AvgIpc) is 3.27. The van der Waals surface area contributed by atoms with Gasteiger partial charge >= 0.3 is 0 Å². The summed E-state index contributed by atoms with van der Waals surface area (Å²) in [6, 6.07) is 18.2. The predicted octanol–water partition coefficient (Wildman–Crippen LogP) is 4.15. The lowest BCUT2D eigenvalue weighted by atomic mass is 10.1. The molecule has 7 heteroatoms. The number of carbonyl (C=O) groups excluding carboxylic acids is 1. The Balaban J connectivity index is 1.80. The Hall–Kier alpha value is -2.90. The van der Waals surface area contributed by atoms with Crippen molar-refractivity contribution in [1.82, 2.24) is 9.62 Å². The molecular weight excluding hydrogens is 388 g/mol. The smallest absolute Gasteiger partial charge is 0.254 e. The van der Waals surface area contributed by atoms with Gasteiger partial charge in [0.1, 0.15) is 5.76 Å². The summed E-state index contributed by atoms with van der Waals surface area (Å²) in [5, 5.41) is 0. The van der Waals surface area contributed by atoms with Gasteiger partial charge in [-0.05, 0) is 49.7 Å². The van der Waals surface area contributed by atoms with Crippen LogP contribution >= 0.6 is 0 Å². The first-order valence-corrected chi connectivity index (χ1v) is 10.8. The number of sulfonamides is 1. The lowest BCUT2D eigenvalue weighted by Gasteiger charge is -2.23. The summed E-state index contributed by atoms with van der Waals surface area (Å²) in [6.45, 7) is 3.63. The summed E-state index contributed by atoms with van der Waals surface area (Å²) in [4.78, 5) is 14.4. The van der Waals surface area contributed by atoms with E-state index in [9.17, 15) is 13.2 Å². The molecule has 1 N–H and O–H groups in total. The van der Waals surface area contributed by atoms with E-state index in [0.29, 0.717) is 11.3 Å². The predicted molar refractivity (Wildman–Crippen MR) is 111 cm³/mol. The summed E-state index contributed by atoms with van der Waals surface area (Å²) in [6.07, 6.45) is 1.55. The van der Waals surface area contributed by atoms with Crippen molar-refractivity contribution >= 4 is 15.9 Å². The fraction of sp³-hybridized carbons (Fsp3) is 0.227. The lowest BCUT2D eigenvalue weighted by Crippen LogP contribution is -2.30. The minimum Gasteiger partial charge on any atom is -0.467 e. The number of nitrogens with zero attached hydrogens (tertiary/aromatic N) is 1. The van der Waals surface area contributed by atoms with E-state index >= 15 is 0 Å². The molecule has 0 aliphatic heterocycles. The lowest BCUT2D eigenvalue weighted by molar-refractivity contribution is 0.0726. The van der Waals surface area contributed by atoms with Gasteiger partial charge in [0.05, 0.1) is 17.2 Å². The normalized spacial score (nSPS) is 13.6. The molecule has 3 rings (SSSR count). The van der Waals surface area contributed by atoms with Crippen molar-refractivity contribution in [2.45, 2.75) is 30.8 Å². The zero-order valence-electron chi connectivity index (χ0n) is 16.6. The molecule has 0 aliphatic carbocycles. The van der Waals surface area contributed by atoms with Crippen LogP contribution in [0, 0.1) is 0 Å². The molecule has 0 fully saturated rings. The quantitative estimate of drug-likeness (QED) is 0.632.